The third kappa shape index (κ3) is 4.92. The van der Waals surface area contributed by atoms with E-state index in [2.05, 4.69) is 43.4 Å². The number of aliphatic hydroxyl groups excluding tert-OH is 1. The third-order valence-electron chi connectivity index (χ3n) is 3.78. The van der Waals surface area contributed by atoms with E-state index in [0.717, 1.165) is 24.9 Å². The van der Waals surface area contributed by atoms with Crippen LogP contribution < -0.4 is 5.32 Å². The van der Waals surface area contributed by atoms with Crippen molar-refractivity contribution >= 4 is 17.8 Å². The highest BCUT2D eigenvalue weighted by atomic mass is 32.2. The summed E-state index contributed by atoms with van der Waals surface area (Å²) in [6.07, 6.45) is 1.26. The van der Waals surface area contributed by atoms with Crippen LogP contribution in [-0.4, -0.2) is 40.5 Å². The maximum absolute atomic E-state index is 12.2. The van der Waals surface area contributed by atoms with Gasteiger partial charge in [-0.2, -0.15) is 0 Å². The van der Waals surface area contributed by atoms with Crippen LogP contribution in [-0.2, 0) is 0 Å². The van der Waals surface area contributed by atoms with Gasteiger partial charge in [-0.1, -0.05) is 26.0 Å². The highest BCUT2D eigenvalue weighted by Crippen LogP contribution is 2.24. The van der Waals surface area contributed by atoms with Crippen LogP contribution in [0, 0.1) is 0 Å². The number of benzene rings is 1. The first kappa shape index (κ1) is 17.2. The molecule has 0 aromatic heterocycles. The number of β-amino-alcohol motifs (C(OH)–C–C–N with tert-alkyl or cyclic N) is 1. The fourth-order valence-electron chi connectivity index (χ4n) is 2.61. The van der Waals surface area contributed by atoms with Gasteiger partial charge in [-0.3, -0.25) is 0 Å². The average molecular weight is 322 g/mol. The van der Waals surface area contributed by atoms with E-state index in [-0.39, 0.29) is 18.2 Å². The Hall–Kier alpha value is -1.20. The number of carbonyl (C=O) groups is 1. The van der Waals surface area contributed by atoms with Gasteiger partial charge in [-0.25, -0.2) is 4.79 Å². The molecule has 0 bridgehead atoms. The minimum Gasteiger partial charge on any atom is -0.391 e. The summed E-state index contributed by atoms with van der Waals surface area (Å²) in [7, 11) is 0. The molecule has 5 heteroatoms. The first-order valence-corrected chi connectivity index (χ1v) is 8.84. The number of likely N-dealkylation sites (tertiary alicyclic amines) is 1. The van der Waals surface area contributed by atoms with Crippen molar-refractivity contribution in [3.05, 3.63) is 29.8 Å². The lowest BCUT2D eigenvalue weighted by Gasteiger charge is -2.31. The number of thioether (sulfide) groups is 1. The van der Waals surface area contributed by atoms with E-state index in [1.54, 1.807) is 4.90 Å². The molecule has 1 aromatic carbocycles. The van der Waals surface area contributed by atoms with Crippen LogP contribution in [0.5, 0.6) is 0 Å². The molecule has 2 N–H and O–H groups in total. The number of urea groups is 1. The molecule has 1 fully saturated rings. The largest absolute Gasteiger partial charge is 0.391 e. The van der Waals surface area contributed by atoms with Gasteiger partial charge in [0.2, 0.25) is 0 Å². The van der Waals surface area contributed by atoms with Crippen molar-refractivity contribution in [3.8, 4) is 0 Å². The fraction of sp³-hybridized carbons (Fsp3) is 0.588. The molecule has 1 aliphatic heterocycles. The lowest BCUT2D eigenvalue weighted by molar-refractivity contribution is 0.0835. The number of aliphatic hydroxyl groups is 1. The molecule has 22 heavy (non-hydrogen) atoms. The van der Waals surface area contributed by atoms with E-state index in [1.807, 2.05) is 18.7 Å². The second-order valence-corrected chi connectivity index (χ2v) is 7.80. The average Bonchev–Trinajstić information content (AvgIpc) is 2.47. The molecular formula is C17H26N2O2S. The molecule has 1 heterocycles. The van der Waals surface area contributed by atoms with Gasteiger partial charge in [0.15, 0.2) is 0 Å². The molecule has 0 spiro atoms. The summed E-state index contributed by atoms with van der Waals surface area (Å²) in [5.74, 6) is 0. The topological polar surface area (TPSA) is 52.6 Å². The Morgan fingerprint density at radius 2 is 2.00 bits per heavy atom. The molecule has 122 valence electrons. The Kier molecular flexibility index (Phi) is 6.15. The van der Waals surface area contributed by atoms with Crippen molar-refractivity contribution in [2.75, 3.05) is 13.1 Å². The standard InChI is InChI=1S/C17H26N2O2S/c1-12(2)22-16-8-6-14(7-9-16)13(3)18-17(21)19-10-4-5-15(20)11-19/h6-9,12-13,15,20H,4-5,10-11H2,1-3H3,(H,18,21)/t13-,15+/m0/s1. The van der Waals surface area contributed by atoms with Crippen LogP contribution in [0.25, 0.3) is 0 Å². The van der Waals surface area contributed by atoms with Gasteiger partial charge in [0.05, 0.1) is 12.1 Å². The zero-order valence-electron chi connectivity index (χ0n) is 13.6. The molecule has 0 saturated carbocycles. The smallest absolute Gasteiger partial charge is 0.317 e. The van der Waals surface area contributed by atoms with Crippen molar-refractivity contribution in [3.63, 3.8) is 0 Å². The van der Waals surface area contributed by atoms with Crippen LogP contribution in [0.3, 0.4) is 0 Å². The van der Waals surface area contributed by atoms with E-state index in [9.17, 15) is 9.90 Å². The molecule has 0 aliphatic carbocycles. The minimum absolute atomic E-state index is 0.0373. The second kappa shape index (κ2) is 7.88. The summed E-state index contributed by atoms with van der Waals surface area (Å²) in [5, 5.41) is 13.2. The monoisotopic (exact) mass is 322 g/mol. The van der Waals surface area contributed by atoms with E-state index in [1.165, 1.54) is 4.90 Å². The van der Waals surface area contributed by atoms with Crippen molar-refractivity contribution in [1.82, 2.24) is 10.2 Å². The number of nitrogens with zero attached hydrogens (tertiary/aromatic N) is 1. The summed E-state index contributed by atoms with van der Waals surface area (Å²) < 4.78 is 0. The molecule has 2 amide bonds. The SMILES string of the molecule is CC(C)Sc1ccc([C@H](C)NC(=O)N2CCC[C@@H](O)C2)cc1. The number of hydrogen-bond acceptors (Lipinski definition) is 3. The minimum atomic E-state index is -0.387. The van der Waals surface area contributed by atoms with Gasteiger partial charge in [-0.15, -0.1) is 11.8 Å². The van der Waals surface area contributed by atoms with Gasteiger partial charge in [-0.05, 0) is 37.5 Å². The van der Waals surface area contributed by atoms with E-state index in [0.29, 0.717) is 11.8 Å². The highest BCUT2D eigenvalue weighted by Gasteiger charge is 2.23. The Labute approximate surface area is 137 Å². The van der Waals surface area contributed by atoms with Gasteiger partial charge in [0, 0.05) is 23.2 Å². The number of rotatable bonds is 4. The molecule has 1 saturated heterocycles. The molecule has 4 nitrogen and oxygen atoms in total. The Bertz CT molecular complexity index is 490. The number of hydrogen-bond donors (Lipinski definition) is 2. The fourth-order valence-corrected chi connectivity index (χ4v) is 3.44. The summed E-state index contributed by atoms with van der Waals surface area (Å²) in [4.78, 5) is 15.2. The maximum Gasteiger partial charge on any atom is 0.317 e. The predicted octanol–water partition coefficient (Wildman–Crippen LogP) is 3.41. The number of carbonyl (C=O) groups excluding carboxylic acids is 1. The number of piperidine rings is 1. The molecule has 1 aliphatic rings. The van der Waals surface area contributed by atoms with E-state index >= 15 is 0 Å². The van der Waals surface area contributed by atoms with Crippen molar-refractivity contribution in [2.24, 2.45) is 0 Å². The third-order valence-corrected chi connectivity index (χ3v) is 4.79. The molecule has 0 radical (unpaired) electrons. The molecule has 2 rings (SSSR count). The highest BCUT2D eigenvalue weighted by molar-refractivity contribution is 7.99. The second-order valence-electron chi connectivity index (χ2n) is 6.15. The normalized spacial score (nSPS) is 20.0. The van der Waals surface area contributed by atoms with Gasteiger partial charge < -0.3 is 15.3 Å². The summed E-state index contributed by atoms with van der Waals surface area (Å²) >= 11 is 1.83. The van der Waals surface area contributed by atoms with E-state index < -0.39 is 0 Å². The summed E-state index contributed by atoms with van der Waals surface area (Å²) in [5.41, 5.74) is 1.10. The lowest BCUT2D eigenvalue weighted by atomic mass is 10.1. The van der Waals surface area contributed by atoms with Crippen molar-refractivity contribution in [1.29, 1.82) is 0 Å². The van der Waals surface area contributed by atoms with Gasteiger partial charge in [0.25, 0.3) is 0 Å². The molecular weight excluding hydrogens is 296 g/mol. The maximum atomic E-state index is 12.2. The Morgan fingerprint density at radius 3 is 2.59 bits per heavy atom. The summed E-state index contributed by atoms with van der Waals surface area (Å²) in [6.45, 7) is 7.49. The molecule has 2 atom stereocenters. The number of nitrogens with one attached hydrogen (secondary N) is 1. The first-order valence-electron chi connectivity index (χ1n) is 7.96. The van der Waals surface area contributed by atoms with Crippen LogP contribution in [0.2, 0.25) is 0 Å². The van der Waals surface area contributed by atoms with Gasteiger partial charge in [0.1, 0.15) is 0 Å². The van der Waals surface area contributed by atoms with Crippen LogP contribution in [0.4, 0.5) is 4.79 Å². The van der Waals surface area contributed by atoms with Crippen molar-refractivity contribution in [2.45, 2.75) is 55.9 Å². The van der Waals surface area contributed by atoms with Crippen LogP contribution in [0.1, 0.15) is 45.2 Å². The van der Waals surface area contributed by atoms with Gasteiger partial charge >= 0.3 is 6.03 Å². The molecule has 0 unspecified atom stereocenters. The van der Waals surface area contributed by atoms with E-state index in [4.69, 9.17) is 0 Å². The molecule has 1 aromatic rings. The quantitative estimate of drug-likeness (QED) is 0.835. The van der Waals surface area contributed by atoms with Crippen molar-refractivity contribution < 1.29 is 9.90 Å². The lowest BCUT2D eigenvalue weighted by Crippen LogP contribution is -2.47. The Morgan fingerprint density at radius 1 is 1.32 bits per heavy atom. The zero-order valence-corrected chi connectivity index (χ0v) is 14.4. The zero-order chi connectivity index (χ0) is 16.1. The van der Waals surface area contributed by atoms with Crippen LogP contribution >= 0.6 is 11.8 Å². The number of amides is 2. The van der Waals surface area contributed by atoms with Crippen LogP contribution in [0.15, 0.2) is 29.2 Å². The Balaban J connectivity index is 1.90. The summed E-state index contributed by atoms with van der Waals surface area (Å²) in [6, 6.07) is 8.22. The predicted molar refractivity (Wildman–Crippen MR) is 91.2 cm³/mol. The first-order chi connectivity index (χ1) is 10.5.